The maximum absolute atomic E-state index is 12.7. The smallest absolute Gasteiger partial charge is 0.306 e. The van der Waals surface area contributed by atoms with E-state index in [9.17, 15) is 14.4 Å². The van der Waals surface area contributed by atoms with Crippen LogP contribution < -0.4 is 0 Å². The lowest BCUT2D eigenvalue weighted by molar-refractivity contribution is -0.167. The van der Waals surface area contributed by atoms with Gasteiger partial charge in [0.2, 0.25) is 0 Å². The van der Waals surface area contributed by atoms with Crippen LogP contribution in [-0.2, 0) is 28.6 Å². The van der Waals surface area contributed by atoms with Crippen LogP contribution in [-0.4, -0.2) is 37.2 Å². The molecule has 0 bridgehead atoms. The molecule has 0 aliphatic carbocycles. The molecule has 0 aromatic carbocycles. The number of ether oxygens (including phenoxy) is 3. The highest BCUT2D eigenvalue weighted by Gasteiger charge is 2.19. The van der Waals surface area contributed by atoms with Crippen molar-refractivity contribution in [2.24, 2.45) is 0 Å². The Morgan fingerprint density at radius 3 is 1.06 bits per heavy atom. The van der Waals surface area contributed by atoms with E-state index in [1.165, 1.54) is 38.5 Å². The molecule has 0 radical (unpaired) electrons. The molecule has 0 aromatic heterocycles. The molecule has 0 saturated carbocycles. The number of esters is 3. The van der Waals surface area contributed by atoms with Gasteiger partial charge in [-0.15, -0.1) is 0 Å². The van der Waals surface area contributed by atoms with Crippen molar-refractivity contribution in [1.29, 1.82) is 0 Å². The molecule has 0 rings (SSSR count). The minimum Gasteiger partial charge on any atom is -0.462 e. The molecule has 0 aromatic rings. The fraction of sp³-hybridized carbons (Fsp3) is 0.491. The van der Waals surface area contributed by atoms with E-state index in [2.05, 4.69) is 51.2 Å². The normalized spacial score (nSPS) is 13.5. The van der Waals surface area contributed by atoms with Gasteiger partial charge in [-0.05, 0) is 77.0 Å². The zero-order chi connectivity index (χ0) is 45.8. The number of carbonyl (C=O) groups excluding carboxylic acids is 3. The molecular formula is C57H84O6. The van der Waals surface area contributed by atoms with Gasteiger partial charge in [0.25, 0.3) is 0 Å². The molecule has 1 atom stereocenters. The minimum atomic E-state index is -0.847. The van der Waals surface area contributed by atoms with E-state index in [0.717, 1.165) is 64.2 Å². The van der Waals surface area contributed by atoms with E-state index in [1.807, 2.05) is 128 Å². The summed E-state index contributed by atoms with van der Waals surface area (Å²) in [5.41, 5.74) is 0. The lowest BCUT2D eigenvalue weighted by Crippen LogP contribution is -2.30. The summed E-state index contributed by atoms with van der Waals surface area (Å²) in [6.45, 7) is 6.18. The van der Waals surface area contributed by atoms with Crippen molar-refractivity contribution < 1.29 is 28.6 Å². The van der Waals surface area contributed by atoms with Crippen molar-refractivity contribution in [3.05, 3.63) is 158 Å². The third kappa shape index (κ3) is 47.9. The standard InChI is InChI=1S/C57H84O6/c1-4-7-10-13-16-19-22-25-26-27-28-29-30-33-35-38-41-44-47-50-56(59)62-53-54(63-57(60)51-48-45-42-39-36-32-24-21-18-15-12-9-6-3)52-61-55(58)49-46-43-40-37-34-31-23-20-17-14-11-8-5-2/h7,9-10,12-13,15-16,18-19,21-22,24-36,39,42,54H,4-6,8,11,14,17,20,23,37-38,40-41,43-53H2,1-3H3/b10-7+,12-9+,16-13+,18-15+,22-19+,24-21+,26-25+,28-27+,30-29+,34-31+,35-33+,36-32+,42-39+. The second-order valence-electron chi connectivity index (χ2n) is 15.2. The van der Waals surface area contributed by atoms with Crippen LogP contribution >= 0.6 is 0 Å². The zero-order valence-corrected chi connectivity index (χ0v) is 39.5. The zero-order valence-electron chi connectivity index (χ0n) is 39.5. The molecule has 0 fully saturated rings. The van der Waals surface area contributed by atoms with Gasteiger partial charge >= 0.3 is 17.9 Å². The average molecular weight is 865 g/mol. The number of hydrogen-bond donors (Lipinski definition) is 0. The van der Waals surface area contributed by atoms with Crippen molar-refractivity contribution in [1.82, 2.24) is 0 Å². The second kappa shape index (κ2) is 49.7. The van der Waals surface area contributed by atoms with E-state index in [-0.39, 0.29) is 38.0 Å². The van der Waals surface area contributed by atoms with Gasteiger partial charge in [0.1, 0.15) is 13.2 Å². The molecule has 348 valence electrons. The van der Waals surface area contributed by atoms with Gasteiger partial charge in [0, 0.05) is 19.3 Å². The molecule has 0 heterocycles. The van der Waals surface area contributed by atoms with Crippen LogP contribution in [0.5, 0.6) is 0 Å². The first-order valence-electron chi connectivity index (χ1n) is 24.2. The molecule has 0 spiro atoms. The van der Waals surface area contributed by atoms with Gasteiger partial charge in [-0.2, -0.15) is 0 Å². The highest BCUT2D eigenvalue weighted by molar-refractivity contribution is 5.71. The summed E-state index contributed by atoms with van der Waals surface area (Å²) in [6.07, 6.45) is 72.3. The molecule has 0 aliphatic rings. The Hall–Kier alpha value is -4.97. The molecule has 0 aliphatic heterocycles. The monoisotopic (exact) mass is 865 g/mol. The lowest BCUT2D eigenvalue weighted by Gasteiger charge is -2.18. The van der Waals surface area contributed by atoms with E-state index in [4.69, 9.17) is 14.2 Å². The Bertz CT molecular complexity index is 1510. The fourth-order valence-corrected chi connectivity index (χ4v) is 5.74. The molecule has 0 amide bonds. The predicted molar refractivity (Wildman–Crippen MR) is 269 cm³/mol. The summed E-state index contributed by atoms with van der Waals surface area (Å²) < 4.78 is 16.6. The molecule has 63 heavy (non-hydrogen) atoms. The van der Waals surface area contributed by atoms with Crippen molar-refractivity contribution >= 4 is 17.9 Å². The van der Waals surface area contributed by atoms with E-state index < -0.39 is 12.1 Å². The van der Waals surface area contributed by atoms with E-state index in [1.54, 1.807) is 0 Å². The first kappa shape index (κ1) is 58.0. The highest BCUT2D eigenvalue weighted by Crippen LogP contribution is 2.11. The Morgan fingerprint density at radius 1 is 0.333 bits per heavy atom. The quantitative estimate of drug-likeness (QED) is 0.0201. The Labute approximate surface area is 384 Å². The summed E-state index contributed by atoms with van der Waals surface area (Å²) in [5, 5.41) is 0. The third-order valence-corrected chi connectivity index (χ3v) is 9.32. The van der Waals surface area contributed by atoms with Crippen molar-refractivity contribution in [3.8, 4) is 0 Å². The maximum atomic E-state index is 12.7. The van der Waals surface area contributed by atoms with E-state index >= 15 is 0 Å². The Kier molecular flexibility index (Phi) is 45.8. The van der Waals surface area contributed by atoms with Gasteiger partial charge in [0.15, 0.2) is 6.10 Å². The summed E-state index contributed by atoms with van der Waals surface area (Å²) >= 11 is 0. The number of hydrogen-bond acceptors (Lipinski definition) is 6. The summed E-state index contributed by atoms with van der Waals surface area (Å²) in [6, 6.07) is 0. The molecule has 0 saturated heterocycles. The number of unbranched alkanes of at least 4 members (excludes halogenated alkanes) is 13. The average Bonchev–Trinajstić information content (AvgIpc) is 3.28. The first-order chi connectivity index (χ1) is 31.0. The largest absolute Gasteiger partial charge is 0.462 e. The van der Waals surface area contributed by atoms with Crippen molar-refractivity contribution in [3.63, 3.8) is 0 Å². The van der Waals surface area contributed by atoms with Gasteiger partial charge in [-0.3, -0.25) is 14.4 Å². The Balaban J connectivity index is 4.64. The molecule has 0 N–H and O–H groups in total. The summed E-state index contributed by atoms with van der Waals surface area (Å²) in [7, 11) is 0. The SMILES string of the molecule is CC/C=C/C=C/C=C/C=C/C=C/C=C/C=C/CCCCCC(=O)OCC(COC(=O)CCCCC/C=C/CCCCCCCC)OC(=O)CCC/C=C/C=C/C=C/C=C/C=C/CC. The molecule has 6 heteroatoms. The number of allylic oxidation sites excluding steroid dienone is 26. The number of rotatable bonds is 40. The van der Waals surface area contributed by atoms with Crippen molar-refractivity contribution in [2.45, 2.75) is 168 Å². The van der Waals surface area contributed by atoms with Crippen LogP contribution in [0.25, 0.3) is 0 Å². The van der Waals surface area contributed by atoms with Gasteiger partial charge in [0.05, 0.1) is 0 Å². The van der Waals surface area contributed by atoms with Gasteiger partial charge in [-0.25, -0.2) is 0 Å². The molecule has 6 nitrogen and oxygen atoms in total. The van der Waals surface area contributed by atoms with E-state index in [0.29, 0.717) is 25.7 Å². The number of carbonyl (C=O) groups is 3. The van der Waals surface area contributed by atoms with Crippen LogP contribution in [0.3, 0.4) is 0 Å². The lowest BCUT2D eigenvalue weighted by atomic mass is 10.1. The Morgan fingerprint density at radius 2 is 0.651 bits per heavy atom. The van der Waals surface area contributed by atoms with Crippen LogP contribution in [0.2, 0.25) is 0 Å². The third-order valence-electron chi connectivity index (χ3n) is 9.32. The van der Waals surface area contributed by atoms with Crippen LogP contribution in [0.1, 0.15) is 162 Å². The minimum absolute atomic E-state index is 0.138. The summed E-state index contributed by atoms with van der Waals surface area (Å²) in [4.78, 5) is 37.8. The fourth-order valence-electron chi connectivity index (χ4n) is 5.74. The maximum Gasteiger partial charge on any atom is 0.306 e. The highest BCUT2D eigenvalue weighted by atomic mass is 16.6. The van der Waals surface area contributed by atoms with Crippen LogP contribution in [0.4, 0.5) is 0 Å². The molecule has 1 unspecified atom stereocenters. The topological polar surface area (TPSA) is 78.9 Å². The van der Waals surface area contributed by atoms with Crippen LogP contribution in [0, 0.1) is 0 Å². The molecular weight excluding hydrogens is 781 g/mol. The second-order valence-corrected chi connectivity index (χ2v) is 15.2. The predicted octanol–water partition coefficient (Wildman–Crippen LogP) is 15.9. The van der Waals surface area contributed by atoms with Crippen molar-refractivity contribution in [2.75, 3.05) is 13.2 Å². The van der Waals surface area contributed by atoms with Crippen LogP contribution in [0.15, 0.2) is 158 Å². The summed E-state index contributed by atoms with van der Waals surface area (Å²) in [5.74, 6) is -1.09. The van der Waals surface area contributed by atoms with Gasteiger partial charge in [-0.1, -0.05) is 224 Å². The van der Waals surface area contributed by atoms with Gasteiger partial charge < -0.3 is 14.2 Å². The first-order valence-corrected chi connectivity index (χ1v) is 24.2.